The molecule has 0 fully saturated rings. The highest BCUT2D eigenvalue weighted by molar-refractivity contribution is 7.14. The lowest BCUT2D eigenvalue weighted by molar-refractivity contribution is 0.0982. The zero-order chi connectivity index (χ0) is 20.7. The number of anilines is 2. The minimum atomic E-state index is -0.312. The lowest BCUT2D eigenvalue weighted by Gasteiger charge is -2.20. The number of carbonyl (C=O) groups excluding carboxylic acids is 2. The van der Waals surface area contributed by atoms with E-state index in [0.29, 0.717) is 17.8 Å². The van der Waals surface area contributed by atoms with Gasteiger partial charge in [0.2, 0.25) is 0 Å². The quantitative estimate of drug-likeness (QED) is 0.515. The van der Waals surface area contributed by atoms with E-state index < -0.39 is 0 Å². The summed E-state index contributed by atoms with van der Waals surface area (Å²) in [5, 5.41) is 5.81. The largest absolute Gasteiger partial charge is 0.459 e. The van der Waals surface area contributed by atoms with Crippen LogP contribution in [0.15, 0.2) is 70.8 Å². The van der Waals surface area contributed by atoms with E-state index in [2.05, 4.69) is 16.0 Å². The van der Waals surface area contributed by atoms with Gasteiger partial charge in [0.25, 0.3) is 11.8 Å². The van der Waals surface area contributed by atoms with Gasteiger partial charge in [0.15, 0.2) is 5.76 Å². The predicted molar refractivity (Wildman–Crippen MR) is 116 cm³/mol. The fraction of sp³-hybridized carbons (Fsp3) is 0.130. The summed E-state index contributed by atoms with van der Waals surface area (Å²) in [5.41, 5.74) is 4.19. The van der Waals surface area contributed by atoms with Crippen LogP contribution >= 0.6 is 11.3 Å². The van der Waals surface area contributed by atoms with Gasteiger partial charge in [-0.25, -0.2) is 0 Å². The number of thiophene rings is 1. The fourth-order valence-electron chi connectivity index (χ4n) is 3.66. The number of nitrogens with zero attached hydrogens (tertiary/aromatic N) is 2. The first-order chi connectivity index (χ1) is 14.6. The third kappa shape index (κ3) is 3.23. The molecule has 4 aromatic rings. The Hall–Kier alpha value is -3.58. The van der Waals surface area contributed by atoms with Crippen LogP contribution in [-0.2, 0) is 13.1 Å². The Morgan fingerprint density at radius 3 is 2.67 bits per heavy atom. The third-order valence-electron chi connectivity index (χ3n) is 5.26. The summed E-state index contributed by atoms with van der Waals surface area (Å²) in [4.78, 5) is 27.5. The molecule has 5 rings (SSSR count). The van der Waals surface area contributed by atoms with Crippen LogP contribution in [-0.4, -0.2) is 16.4 Å². The van der Waals surface area contributed by atoms with Crippen molar-refractivity contribution in [2.75, 3.05) is 10.2 Å². The number of aromatic nitrogens is 1. The highest BCUT2D eigenvalue weighted by Gasteiger charge is 2.26. The zero-order valence-electron chi connectivity index (χ0n) is 16.3. The van der Waals surface area contributed by atoms with Crippen molar-refractivity contribution in [1.29, 1.82) is 0 Å². The second-order valence-corrected chi connectivity index (χ2v) is 8.13. The number of carbonyl (C=O) groups is 2. The van der Waals surface area contributed by atoms with Crippen LogP contribution in [0.1, 0.15) is 37.7 Å². The van der Waals surface area contributed by atoms with Crippen molar-refractivity contribution in [3.8, 4) is 0 Å². The van der Waals surface area contributed by atoms with Crippen molar-refractivity contribution < 1.29 is 14.0 Å². The summed E-state index contributed by atoms with van der Waals surface area (Å²) in [6, 6.07) is 14.8. The molecule has 3 aromatic heterocycles. The van der Waals surface area contributed by atoms with Gasteiger partial charge in [-0.1, -0.05) is 0 Å². The van der Waals surface area contributed by atoms with Crippen molar-refractivity contribution in [3.63, 3.8) is 0 Å². The van der Waals surface area contributed by atoms with Gasteiger partial charge in [-0.2, -0.15) is 0 Å². The van der Waals surface area contributed by atoms with Gasteiger partial charge in [-0.3, -0.25) is 14.5 Å². The molecular formula is C23H19N3O3S. The molecule has 4 heterocycles. The van der Waals surface area contributed by atoms with Crippen LogP contribution in [0.5, 0.6) is 0 Å². The van der Waals surface area contributed by atoms with Gasteiger partial charge >= 0.3 is 0 Å². The summed E-state index contributed by atoms with van der Waals surface area (Å²) in [5.74, 6) is -0.0888. The minimum Gasteiger partial charge on any atom is -0.459 e. The molecule has 1 aromatic carbocycles. The molecule has 1 N–H and O–H groups in total. The van der Waals surface area contributed by atoms with E-state index in [0.717, 1.165) is 28.4 Å². The lowest BCUT2D eigenvalue weighted by atomic mass is 10.1. The Morgan fingerprint density at radius 2 is 1.90 bits per heavy atom. The number of furan rings is 1. The standard InChI is InChI=1S/C23H19N3O3S/c1-15-8-11-29-20(15)21(27)24-18-6-4-16(5-7-18)22(28)26-14-19-3-2-10-25(19)13-17-9-12-30-23(17)26/h2-12H,13-14H2,1H3,(H,24,27). The number of hydrogen-bond donors (Lipinski definition) is 1. The average Bonchev–Trinajstić information content (AvgIpc) is 3.47. The number of nitrogens with one attached hydrogen (secondary N) is 1. The van der Waals surface area contributed by atoms with E-state index >= 15 is 0 Å². The van der Waals surface area contributed by atoms with Crippen LogP contribution < -0.4 is 10.2 Å². The zero-order valence-corrected chi connectivity index (χ0v) is 17.1. The topological polar surface area (TPSA) is 67.5 Å². The van der Waals surface area contributed by atoms with Crippen LogP contribution in [0.3, 0.4) is 0 Å². The Kier molecular flexibility index (Phi) is 4.52. The first-order valence-corrected chi connectivity index (χ1v) is 10.5. The smallest absolute Gasteiger partial charge is 0.291 e. The molecule has 0 atom stereocenters. The molecule has 150 valence electrons. The Morgan fingerprint density at radius 1 is 1.07 bits per heavy atom. The highest BCUT2D eigenvalue weighted by atomic mass is 32.1. The first kappa shape index (κ1) is 18.4. The Bertz CT molecular complexity index is 1230. The molecule has 0 unspecified atom stereocenters. The van der Waals surface area contributed by atoms with E-state index in [1.54, 1.807) is 41.7 Å². The van der Waals surface area contributed by atoms with Gasteiger partial charge in [-0.15, -0.1) is 11.3 Å². The number of hydrogen-bond acceptors (Lipinski definition) is 4. The molecular weight excluding hydrogens is 398 g/mol. The molecule has 0 aliphatic carbocycles. The molecule has 7 heteroatoms. The summed E-state index contributed by atoms with van der Waals surface area (Å²) >= 11 is 1.58. The number of amides is 2. The summed E-state index contributed by atoms with van der Waals surface area (Å²) in [6.07, 6.45) is 3.53. The Labute approximate surface area is 177 Å². The molecule has 0 spiro atoms. The first-order valence-electron chi connectivity index (χ1n) is 9.58. The Balaban J connectivity index is 1.38. The molecule has 1 aliphatic rings. The maximum Gasteiger partial charge on any atom is 0.291 e. The van der Waals surface area contributed by atoms with Crippen molar-refractivity contribution in [2.24, 2.45) is 0 Å². The van der Waals surface area contributed by atoms with Crippen molar-refractivity contribution >= 4 is 33.8 Å². The molecule has 30 heavy (non-hydrogen) atoms. The molecule has 6 nitrogen and oxygen atoms in total. The second kappa shape index (κ2) is 7.35. The van der Waals surface area contributed by atoms with E-state index in [1.165, 1.54) is 6.26 Å². The number of benzene rings is 1. The molecule has 0 saturated heterocycles. The van der Waals surface area contributed by atoms with E-state index in [-0.39, 0.29) is 17.6 Å². The van der Waals surface area contributed by atoms with Crippen LogP contribution in [0.4, 0.5) is 10.7 Å². The number of fused-ring (bicyclic) bond motifs is 2. The summed E-state index contributed by atoms with van der Waals surface area (Å²) < 4.78 is 7.40. The van der Waals surface area contributed by atoms with Gasteiger partial charge in [0, 0.05) is 34.3 Å². The van der Waals surface area contributed by atoms with Crippen molar-refractivity contribution in [3.05, 3.63) is 94.5 Å². The minimum absolute atomic E-state index is 0.0619. The molecule has 0 radical (unpaired) electrons. The van der Waals surface area contributed by atoms with Gasteiger partial charge < -0.3 is 14.3 Å². The van der Waals surface area contributed by atoms with Gasteiger partial charge in [0.1, 0.15) is 5.00 Å². The van der Waals surface area contributed by atoms with E-state index in [1.807, 2.05) is 35.5 Å². The number of rotatable bonds is 3. The summed E-state index contributed by atoms with van der Waals surface area (Å²) in [7, 11) is 0. The number of aryl methyl sites for hydroxylation is 1. The van der Waals surface area contributed by atoms with E-state index in [9.17, 15) is 9.59 Å². The SMILES string of the molecule is Cc1ccoc1C(=O)Nc1ccc(C(=O)N2Cc3cccn3Cc3ccsc32)cc1. The maximum atomic E-state index is 13.3. The molecule has 0 saturated carbocycles. The maximum absolute atomic E-state index is 13.3. The van der Waals surface area contributed by atoms with Crippen molar-refractivity contribution in [1.82, 2.24) is 4.57 Å². The monoisotopic (exact) mass is 417 g/mol. The van der Waals surface area contributed by atoms with Crippen LogP contribution in [0, 0.1) is 6.92 Å². The summed E-state index contributed by atoms with van der Waals surface area (Å²) in [6.45, 7) is 3.11. The van der Waals surface area contributed by atoms with Gasteiger partial charge in [-0.05, 0) is 60.8 Å². The van der Waals surface area contributed by atoms with Crippen molar-refractivity contribution in [2.45, 2.75) is 20.0 Å². The molecule has 0 bridgehead atoms. The predicted octanol–water partition coefficient (Wildman–Crippen LogP) is 4.91. The van der Waals surface area contributed by atoms with Crippen LogP contribution in [0.25, 0.3) is 0 Å². The van der Waals surface area contributed by atoms with E-state index in [4.69, 9.17) is 4.42 Å². The normalized spacial score (nSPS) is 12.8. The molecule has 2 amide bonds. The lowest BCUT2D eigenvalue weighted by Crippen LogP contribution is -2.29. The second-order valence-electron chi connectivity index (χ2n) is 7.23. The average molecular weight is 417 g/mol. The van der Waals surface area contributed by atoms with Crippen LogP contribution in [0.2, 0.25) is 0 Å². The van der Waals surface area contributed by atoms with Gasteiger partial charge in [0.05, 0.1) is 19.4 Å². The highest BCUT2D eigenvalue weighted by Crippen LogP contribution is 2.34. The fourth-order valence-corrected chi connectivity index (χ4v) is 4.58. The molecule has 1 aliphatic heterocycles. The third-order valence-corrected chi connectivity index (χ3v) is 6.23.